The maximum Gasteiger partial charge on any atom is 0.233 e. The van der Waals surface area contributed by atoms with E-state index in [1.807, 2.05) is 0 Å². The fourth-order valence-electron chi connectivity index (χ4n) is 1.88. The molecule has 7 heteroatoms. The third-order valence-corrected chi connectivity index (χ3v) is 4.68. The SMILES string of the molecule is O=C1CSC(c2ccc(F)c(Br)c2)N1CC(O)CO. The first kappa shape index (κ1) is 14.8. The summed E-state index contributed by atoms with van der Waals surface area (Å²) in [5, 5.41) is 18.1. The van der Waals surface area contributed by atoms with Gasteiger partial charge in [0.15, 0.2) is 0 Å². The van der Waals surface area contributed by atoms with Gasteiger partial charge < -0.3 is 15.1 Å². The molecule has 1 fully saturated rings. The van der Waals surface area contributed by atoms with Crippen LogP contribution in [-0.4, -0.2) is 46.0 Å². The molecule has 1 heterocycles. The number of carbonyl (C=O) groups excluding carboxylic acids is 1. The second-order valence-corrected chi connectivity index (χ2v) is 6.14. The summed E-state index contributed by atoms with van der Waals surface area (Å²) in [7, 11) is 0. The number of nitrogens with zero attached hydrogens (tertiary/aromatic N) is 1. The second-order valence-electron chi connectivity index (χ2n) is 4.22. The number of carbonyl (C=O) groups is 1. The van der Waals surface area contributed by atoms with Gasteiger partial charge in [-0.2, -0.15) is 0 Å². The molecular formula is C12H13BrFNO3S. The van der Waals surface area contributed by atoms with Crippen molar-refractivity contribution in [2.45, 2.75) is 11.5 Å². The third kappa shape index (κ3) is 3.28. The quantitative estimate of drug-likeness (QED) is 0.865. The van der Waals surface area contributed by atoms with Gasteiger partial charge in [-0.15, -0.1) is 11.8 Å². The number of halogens is 2. The minimum atomic E-state index is -0.964. The van der Waals surface area contributed by atoms with Gasteiger partial charge in [-0.05, 0) is 33.6 Å². The van der Waals surface area contributed by atoms with Crippen LogP contribution in [-0.2, 0) is 4.79 Å². The summed E-state index contributed by atoms with van der Waals surface area (Å²) in [4.78, 5) is 13.3. The fraction of sp³-hybridized carbons (Fsp3) is 0.417. The lowest BCUT2D eigenvalue weighted by molar-refractivity contribution is -0.129. The van der Waals surface area contributed by atoms with Gasteiger partial charge >= 0.3 is 0 Å². The van der Waals surface area contributed by atoms with E-state index < -0.39 is 12.7 Å². The monoisotopic (exact) mass is 349 g/mol. The van der Waals surface area contributed by atoms with Crippen LogP contribution in [0.25, 0.3) is 0 Å². The molecule has 0 bridgehead atoms. The number of rotatable bonds is 4. The van der Waals surface area contributed by atoms with E-state index in [0.29, 0.717) is 10.2 Å². The lowest BCUT2D eigenvalue weighted by Crippen LogP contribution is -2.37. The van der Waals surface area contributed by atoms with Crippen molar-refractivity contribution >= 4 is 33.6 Å². The number of hydrogen-bond acceptors (Lipinski definition) is 4. The Morgan fingerprint density at radius 1 is 1.58 bits per heavy atom. The van der Waals surface area contributed by atoms with Crippen molar-refractivity contribution in [3.05, 3.63) is 34.1 Å². The van der Waals surface area contributed by atoms with Crippen LogP contribution in [0, 0.1) is 5.82 Å². The lowest BCUT2D eigenvalue weighted by Gasteiger charge is -2.26. The van der Waals surface area contributed by atoms with E-state index >= 15 is 0 Å². The summed E-state index contributed by atoms with van der Waals surface area (Å²) in [5.74, 6) is -0.138. The topological polar surface area (TPSA) is 60.8 Å². The summed E-state index contributed by atoms with van der Waals surface area (Å²) in [6, 6.07) is 4.59. The Morgan fingerprint density at radius 3 is 2.95 bits per heavy atom. The molecule has 0 aromatic heterocycles. The third-order valence-electron chi connectivity index (χ3n) is 2.82. The highest BCUT2D eigenvalue weighted by molar-refractivity contribution is 9.10. The zero-order chi connectivity index (χ0) is 14.0. The van der Waals surface area contributed by atoms with Crippen molar-refractivity contribution < 1.29 is 19.4 Å². The normalized spacial score (nSPS) is 20.9. The molecule has 19 heavy (non-hydrogen) atoms. The van der Waals surface area contributed by atoms with Crippen LogP contribution in [0.15, 0.2) is 22.7 Å². The average Bonchev–Trinajstić information content (AvgIpc) is 2.74. The van der Waals surface area contributed by atoms with Crippen LogP contribution in [0.2, 0.25) is 0 Å². The summed E-state index contributed by atoms with van der Waals surface area (Å²) in [6.45, 7) is -0.323. The van der Waals surface area contributed by atoms with E-state index in [9.17, 15) is 14.3 Å². The highest BCUT2D eigenvalue weighted by atomic mass is 79.9. The average molecular weight is 350 g/mol. The van der Waals surface area contributed by atoms with E-state index in [4.69, 9.17) is 5.11 Å². The zero-order valence-electron chi connectivity index (χ0n) is 9.92. The number of β-amino-alcohol motifs (C(OH)–C–C–N with tert-alkyl or cyclic N) is 1. The van der Waals surface area contributed by atoms with Crippen LogP contribution in [0.4, 0.5) is 4.39 Å². The Balaban J connectivity index is 2.21. The van der Waals surface area contributed by atoms with Crippen molar-refractivity contribution in [1.82, 2.24) is 4.90 Å². The number of aliphatic hydroxyl groups excluding tert-OH is 2. The van der Waals surface area contributed by atoms with Crippen molar-refractivity contribution in [2.75, 3.05) is 18.9 Å². The standard InChI is InChI=1S/C12H13BrFNO3S/c13-9-3-7(1-2-10(9)14)12-15(4-8(17)5-16)11(18)6-19-12/h1-3,8,12,16-17H,4-6H2. The Morgan fingerprint density at radius 2 is 2.32 bits per heavy atom. The van der Waals surface area contributed by atoms with Gasteiger partial charge in [-0.25, -0.2) is 4.39 Å². The fourth-order valence-corrected chi connectivity index (χ4v) is 3.46. The largest absolute Gasteiger partial charge is 0.394 e. The minimum Gasteiger partial charge on any atom is -0.394 e. The molecule has 1 aliphatic heterocycles. The predicted molar refractivity (Wildman–Crippen MR) is 74.1 cm³/mol. The van der Waals surface area contributed by atoms with Crippen LogP contribution in [0.3, 0.4) is 0 Å². The van der Waals surface area contributed by atoms with Gasteiger partial charge in [0.25, 0.3) is 0 Å². The van der Waals surface area contributed by atoms with Crippen LogP contribution >= 0.6 is 27.7 Å². The van der Waals surface area contributed by atoms with Gasteiger partial charge in [0.1, 0.15) is 11.2 Å². The molecule has 0 aliphatic carbocycles. The highest BCUT2D eigenvalue weighted by Gasteiger charge is 2.34. The number of benzene rings is 1. The van der Waals surface area contributed by atoms with E-state index in [1.54, 1.807) is 12.1 Å². The molecule has 1 aromatic rings. The van der Waals surface area contributed by atoms with Crippen molar-refractivity contribution in [3.8, 4) is 0 Å². The first-order valence-corrected chi connectivity index (χ1v) is 7.52. The zero-order valence-corrected chi connectivity index (χ0v) is 12.3. The molecule has 0 radical (unpaired) electrons. The molecule has 4 nitrogen and oxygen atoms in total. The van der Waals surface area contributed by atoms with Crippen LogP contribution < -0.4 is 0 Å². The molecule has 2 rings (SSSR count). The lowest BCUT2D eigenvalue weighted by atomic mass is 10.2. The second kappa shape index (κ2) is 6.21. The molecule has 2 N–H and O–H groups in total. The van der Waals surface area contributed by atoms with Gasteiger partial charge in [0.2, 0.25) is 5.91 Å². The van der Waals surface area contributed by atoms with Gasteiger partial charge in [0, 0.05) is 0 Å². The van der Waals surface area contributed by atoms with E-state index in [-0.39, 0.29) is 23.6 Å². The Hall–Kier alpha value is -0.630. The van der Waals surface area contributed by atoms with Crippen molar-refractivity contribution in [1.29, 1.82) is 0 Å². The number of amides is 1. The summed E-state index contributed by atoms with van der Waals surface area (Å²) < 4.78 is 13.6. The molecule has 1 saturated heterocycles. The van der Waals surface area contributed by atoms with Crippen molar-refractivity contribution in [2.24, 2.45) is 0 Å². The molecule has 1 aromatic carbocycles. The number of thioether (sulfide) groups is 1. The summed E-state index contributed by atoms with van der Waals surface area (Å²) in [5.41, 5.74) is 0.786. The van der Waals surface area contributed by atoms with Gasteiger partial charge in [0.05, 0.1) is 29.5 Å². The van der Waals surface area contributed by atoms with Gasteiger partial charge in [-0.1, -0.05) is 6.07 Å². The first-order valence-electron chi connectivity index (χ1n) is 5.68. The van der Waals surface area contributed by atoms with Gasteiger partial charge in [-0.3, -0.25) is 4.79 Å². The van der Waals surface area contributed by atoms with Crippen LogP contribution in [0.5, 0.6) is 0 Å². The molecule has 0 spiro atoms. The predicted octanol–water partition coefficient (Wildman–Crippen LogP) is 1.52. The maximum absolute atomic E-state index is 13.2. The smallest absolute Gasteiger partial charge is 0.233 e. The van der Waals surface area contributed by atoms with E-state index in [2.05, 4.69) is 15.9 Å². The Bertz CT molecular complexity index is 488. The maximum atomic E-state index is 13.2. The molecule has 1 aliphatic rings. The first-order chi connectivity index (χ1) is 9.02. The molecule has 2 atom stereocenters. The molecule has 0 saturated carbocycles. The Labute approximate surface area is 122 Å². The summed E-state index contributed by atoms with van der Waals surface area (Å²) >= 11 is 4.53. The van der Waals surface area contributed by atoms with Crippen molar-refractivity contribution in [3.63, 3.8) is 0 Å². The number of aliphatic hydroxyl groups is 2. The number of hydrogen-bond donors (Lipinski definition) is 2. The molecular weight excluding hydrogens is 337 g/mol. The molecule has 2 unspecified atom stereocenters. The minimum absolute atomic E-state index is 0.0714. The highest BCUT2D eigenvalue weighted by Crippen LogP contribution is 2.39. The van der Waals surface area contributed by atoms with E-state index in [0.717, 1.165) is 5.56 Å². The summed E-state index contributed by atoms with van der Waals surface area (Å²) in [6.07, 6.45) is -0.964. The molecule has 104 valence electrons. The molecule has 1 amide bonds. The van der Waals surface area contributed by atoms with E-state index in [1.165, 1.54) is 22.7 Å². The van der Waals surface area contributed by atoms with Crippen LogP contribution in [0.1, 0.15) is 10.9 Å². The Kier molecular flexibility index (Phi) is 4.83.